The predicted octanol–water partition coefficient (Wildman–Crippen LogP) is 2.51. The number of amides is 1. The van der Waals surface area contributed by atoms with Crippen molar-refractivity contribution in [3.05, 3.63) is 59.1 Å². The zero-order valence-electron chi connectivity index (χ0n) is 18.2. The van der Waals surface area contributed by atoms with Crippen LogP contribution < -0.4 is 10.1 Å². The molecule has 1 unspecified atom stereocenters. The van der Waals surface area contributed by atoms with Gasteiger partial charge < -0.3 is 14.8 Å². The third-order valence-corrected chi connectivity index (χ3v) is 6.75. The smallest absolute Gasteiger partial charge is 0.310 e. The number of halogens is 1. The number of benzene rings is 2. The Labute approximate surface area is 193 Å². The highest BCUT2D eigenvalue weighted by Gasteiger charge is 2.25. The van der Waals surface area contributed by atoms with Gasteiger partial charge in [-0.25, -0.2) is 8.42 Å². The molecule has 0 spiro atoms. The Morgan fingerprint density at radius 3 is 2.28 bits per heavy atom. The van der Waals surface area contributed by atoms with Gasteiger partial charge in [-0.2, -0.15) is 4.31 Å². The van der Waals surface area contributed by atoms with Gasteiger partial charge in [-0.3, -0.25) is 9.59 Å². The van der Waals surface area contributed by atoms with Gasteiger partial charge in [-0.05, 0) is 55.3 Å². The molecule has 1 amide bonds. The summed E-state index contributed by atoms with van der Waals surface area (Å²) in [5.74, 6) is -0.906. The highest BCUT2D eigenvalue weighted by atomic mass is 35.5. The maximum Gasteiger partial charge on any atom is 0.310 e. The second-order valence-electron chi connectivity index (χ2n) is 7.02. The van der Waals surface area contributed by atoms with Gasteiger partial charge in [0.15, 0.2) is 0 Å². The number of carbonyl (C=O) groups is 2. The monoisotopic (exact) mass is 482 g/mol. The van der Waals surface area contributed by atoms with E-state index in [9.17, 15) is 18.0 Å². The fourth-order valence-corrected chi connectivity index (χ4v) is 4.20. The van der Waals surface area contributed by atoms with Gasteiger partial charge in [-0.1, -0.05) is 23.7 Å². The molecule has 1 N–H and O–H groups in total. The Balaban J connectivity index is 1.97. The van der Waals surface area contributed by atoms with E-state index in [4.69, 9.17) is 21.1 Å². The maximum absolute atomic E-state index is 12.6. The summed E-state index contributed by atoms with van der Waals surface area (Å²) in [5.41, 5.74) is 0.875. The number of esters is 1. The number of nitrogens with zero attached hydrogens (tertiary/aromatic N) is 1. The minimum atomic E-state index is -3.86. The van der Waals surface area contributed by atoms with E-state index in [1.807, 2.05) is 31.2 Å². The summed E-state index contributed by atoms with van der Waals surface area (Å²) < 4.78 is 36.4. The van der Waals surface area contributed by atoms with Gasteiger partial charge in [0.05, 0.1) is 31.1 Å². The van der Waals surface area contributed by atoms with Crippen molar-refractivity contribution in [2.24, 2.45) is 5.92 Å². The molecule has 0 saturated heterocycles. The number of rotatable bonds is 11. The van der Waals surface area contributed by atoms with Crippen LogP contribution in [0.25, 0.3) is 0 Å². The quantitative estimate of drug-likeness (QED) is 0.494. The molecule has 0 aliphatic rings. The molecule has 1 atom stereocenters. The van der Waals surface area contributed by atoms with Crippen molar-refractivity contribution in [2.45, 2.75) is 18.2 Å². The normalized spacial score (nSPS) is 12.3. The van der Waals surface area contributed by atoms with Crippen LogP contribution in [0.5, 0.6) is 5.75 Å². The number of methoxy groups -OCH3 is 1. The average molecular weight is 483 g/mol. The lowest BCUT2D eigenvalue weighted by atomic mass is 9.99. The number of nitrogens with one attached hydrogen (secondary N) is 1. The van der Waals surface area contributed by atoms with Crippen LogP contribution in [0.3, 0.4) is 0 Å². The first kappa shape index (κ1) is 25.6. The molecule has 0 aromatic heterocycles. The lowest BCUT2D eigenvalue weighted by molar-refractivity contribution is -0.145. The van der Waals surface area contributed by atoms with Crippen molar-refractivity contribution in [3.8, 4) is 5.75 Å². The molecule has 0 radical (unpaired) electrons. The molecule has 0 saturated carbocycles. The van der Waals surface area contributed by atoms with Crippen LogP contribution in [0, 0.1) is 5.92 Å². The topological polar surface area (TPSA) is 102 Å². The minimum absolute atomic E-state index is 0.00749. The number of sulfonamides is 1. The zero-order valence-corrected chi connectivity index (χ0v) is 19.8. The van der Waals surface area contributed by atoms with Crippen molar-refractivity contribution in [2.75, 3.05) is 33.9 Å². The maximum atomic E-state index is 12.6. The van der Waals surface area contributed by atoms with Gasteiger partial charge in [0, 0.05) is 18.6 Å². The van der Waals surface area contributed by atoms with E-state index >= 15 is 0 Å². The minimum Gasteiger partial charge on any atom is -0.494 e. The Kier molecular flexibility index (Phi) is 9.49. The highest BCUT2D eigenvalue weighted by molar-refractivity contribution is 7.89. The van der Waals surface area contributed by atoms with Gasteiger partial charge in [-0.15, -0.1) is 0 Å². The Morgan fingerprint density at radius 2 is 1.72 bits per heavy atom. The second-order valence-corrected chi connectivity index (χ2v) is 9.50. The summed E-state index contributed by atoms with van der Waals surface area (Å²) in [6.07, 6.45) is 0.346. The van der Waals surface area contributed by atoms with Crippen molar-refractivity contribution in [1.29, 1.82) is 0 Å². The molecular weight excluding hydrogens is 456 g/mol. The third kappa shape index (κ3) is 7.22. The summed E-state index contributed by atoms with van der Waals surface area (Å²) >= 11 is 5.80. The first-order chi connectivity index (χ1) is 15.2. The first-order valence-corrected chi connectivity index (χ1v) is 11.8. The summed E-state index contributed by atoms with van der Waals surface area (Å²) in [4.78, 5) is 24.6. The number of hydrogen-bond acceptors (Lipinski definition) is 6. The SMILES string of the molecule is CCOc1ccc(CC(CNC(=O)CN(C)S(=O)(=O)c2ccc(Cl)cc2)C(=O)OC)cc1. The number of hydrogen-bond donors (Lipinski definition) is 1. The summed E-state index contributed by atoms with van der Waals surface area (Å²) in [7, 11) is -1.27. The Morgan fingerprint density at radius 1 is 1.09 bits per heavy atom. The first-order valence-electron chi connectivity index (χ1n) is 9.95. The van der Waals surface area contributed by atoms with Crippen LogP contribution in [0.15, 0.2) is 53.4 Å². The Bertz CT molecular complexity index is 1010. The van der Waals surface area contributed by atoms with Crippen molar-refractivity contribution >= 4 is 33.5 Å². The van der Waals surface area contributed by atoms with Gasteiger partial charge in [0.25, 0.3) is 0 Å². The molecule has 0 heterocycles. The highest BCUT2D eigenvalue weighted by Crippen LogP contribution is 2.18. The second kappa shape index (κ2) is 11.8. The van der Waals surface area contributed by atoms with E-state index in [1.165, 1.54) is 38.4 Å². The molecule has 2 aromatic carbocycles. The van der Waals surface area contributed by atoms with Crippen LogP contribution in [-0.2, 0) is 30.8 Å². The average Bonchev–Trinajstić information content (AvgIpc) is 2.77. The van der Waals surface area contributed by atoms with Crippen molar-refractivity contribution in [1.82, 2.24) is 9.62 Å². The fraction of sp³-hybridized carbons (Fsp3) is 0.364. The van der Waals surface area contributed by atoms with Gasteiger partial charge in [0.1, 0.15) is 5.75 Å². The molecule has 174 valence electrons. The number of likely N-dealkylation sites (N-methyl/N-ethyl adjacent to an activating group) is 1. The third-order valence-electron chi connectivity index (χ3n) is 4.68. The van der Waals surface area contributed by atoms with Gasteiger partial charge >= 0.3 is 5.97 Å². The molecule has 0 bridgehead atoms. The number of carbonyl (C=O) groups excluding carboxylic acids is 2. The lowest BCUT2D eigenvalue weighted by Crippen LogP contribution is -2.41. The summed E-state index contributed by atoms with van der Waals surface area (Å²) in [6, 6.07) is 13.0. The van der Waals surface area contributed by atoms with Crippen LogP contribution in [-0.4, -0.2) is 58.5 Å². The molecule has 0 aliphatic heterocycles. The van der Waals surface area contributed by atoms with E-state index in [1.54, 1.807) is 0 Å². The molecule has 32 heavy (non-hydrogen) atoms. The molecule has 10 heteroatoms. The zero-order chi connectivity index (χ0) is 23.7. The number of ether oxygens (including phenoxy) is 2. The van der Waals surface area contributed by atoms with E-state index in [0.717, 1.165) is 15.6 Å². The van der Waals surface area contributed by atoms with Crippen LogP contribution in [0.2, 0.25) is 5.02 Å². The van der Waals surface area contributed by atoms with E-state index in [-0.39, 0.29) is 11.4 Å². The van der Waals surface area contributed by atoms with Crippen LogP contribution in [0.1, 0.15) is 12.5 Å². The molecule has 0 aliphatic carbocycles. The van der Waals surface area contributed by atoms with E-state index in [2.05, 4.69) is 5.32 Å². The molecule has 2 aromatic rings. The fourth-order valence-electron chi connectivity index (χ4n) is 2.95. The van der Waals surface area contributed by atoms with Crippen molar-refractivity contribution < 1.29 is 27.5 Å². The molecule has 2 rings (SSSR count). The molecule has 8 nitrogen and oxygen atoms in total. The molecular formula is C22H27ClN2O6S. The van der Waals surface area contributed by atoms with Crippen LogP contribution >= 0.6 is 11.6 Å². The molecule has 0 fully saturated rings. The Hall–Kier alpha value is -2.62. The van der Waals surface area contributed by atoms with Crippen LogP contribution in [0.4, 0.5) is 0 Å². The van der Waals surface area contributed by atoms with E-state index < -0.39 is 34.4 Å². The lowest BCUT2D eigenvalue weighted by Gasteiger charge is -2.19. The van der Waals surface area contributed by atoms with Gasteiger partial charge in [0.2, 0.25) is 15.9 Å². The largest absolute Gasteiger partial charge is 0.494 e. The van der Waals surface area contributed by atoms with E-state index in [0.29, 0.717) is 18.1 Å². The predicted molar refractivity (Wildman–Crippen MR) is 121 cm³/mol. The summed E-state index contributed by atoms with van der Waals surface area (Å²) in [6.45, 7) is 2.05. The standard InChI is InChI=1S/C22H27ClN2O6S/c1-4-31-19-9-5-16(6-10-19)13-17(22(27)30-3)14-24-21(26)15-25(2)32(28,29)20-11-7-18(23)8-12-20/h5-12,17H,4,13-15H2,1-3H3,(H,24,26). The van der Waals surface area contributed by atoms with Crippen molar-refractivity contribution in [3.63, 3.8) is 0 Å². The summed E-state index contributed by atoms with van der Waals surface area (Å²) in [5, 5.41) is 3.03.